The van der Waals surface area contributed by atoms with E-state index in [0.717, 1.165) is 29.2 Å². The molecule has 33 heavy (non-hydrogen) atoms. The minimum Gasteiger partial charge on any atom is -0.348 e. The largest absolute Gasteiger partial charge is 0.348 e. The Morgan fingerprint density at radius 2 is 1.76 bits per heavy atom. The van der Waals surface area contributed by atoms with Crippen molar-refractivity contribution in [3.63, 3.8) is 0 Å². The highest BCUT2D eigenvalue weighted by Crippen LogP contribution is 2.37. The number of likely N-dealkylation sites (tertiary alicyclic amines) is 1. The predicted molar refractivity (Wildman–Crippen MR) is 128 cm³/mol. The van der Waals surface area contributed by atoms with Gasteiger partial charge in [-0.3, -0.25) is 14.4 Å². The molecule has 1 fully saturated rings. The monoisotopic (exact) mass is 441 g/mol. The van der Waals surface area contributed by atoms with Gasteiger partial charge >= 0.3 is 0 Å². The van der Waals surface area contributed by atoms with Crippen LogP contribution in [0, 0.1) is 0 Å². The molecule has 168 valence electrons. The molecule has 2 aliphatic rings. The number of rotatable bonds is 3. The third kappa shape index (κ3) is 3.86. The Balaban J connectivity index is 1.28. The summed E-state index contributed by atoms with van der Waals surface area (Å²) < 4.78 is 0. The van der Waals surface area contributed by atoms with Crippen LogP contribution in [0.1, 0.15) is 53.0 Å². The van der Waals surface area contributed by atoms with Crippen molar-refractivity contribution in [1.82, 2.24) is 10.2 Å². The molecule has 2 N–H and O–H groups in total. The van der Waals surface area contributed by atoms with Crippen LogP contribution in [0.2, 0.25) is 0 Å². The van der Waals surface area contributed by atoms with Crippen molar-refractivity contribution < 1.29 is 14.4 Å². The maximum Gasteiger partial charge on any atom is 0.253 e. The van der Waals surface area contributed by atoms with Crippen LogP contribution in [0.3, 0.4) is 0 Å². The third-order valence-corrected chi connectivity index (χ3v) is 6.81. The van der Waals surface area contributed by atoms with E-state index < -0.39 is 5.41 Å². The minimum atomic E-state index is -0.597. The predicted octanol–water partition coefficient (Wildman–Crippen LogP) is 4.10. The smallest absolute Gasteiger partial charge is 0.253 e. The van der Waals surface area contributed by atoms with Gasteiger partial charge in [-0.1, -0.05) is 36.4 Å². The van der Waals surface area contributed by atoms with Crippen LogP contribution in [0.5, 0.6) is 0 Å². The molecular weight excluding hydrogens is 414 g/mol. The fourth-order valence-electron chi connectivity index (χ4n) is 4.79. The zero-order valence-electron chi connectivity index (χ0n) is 18.9. The highest BCUT2D eigenvalue weighted by atomic mass is 16.2. The second-order valence-corrected chi connectivity index (χ2v) is 9.47. The Labute approximate surface area is 193 Å². The van der Waals surface area contributed by atoms with Gasteiger partial charge in [-0.25, -0.2) is 0 Å². The highest BCUT2D eigenvalue weighted by molar-refractivity contribution is 6.07. The Bertz CT molecular complexity index is 1280. The number of anilines is 1. The van der Waals surface area contributed by atoms with Crippen LogP contribution >= 0.6 is 0 Å². The molecule has 2 aliphatic heterocycles. The van der Waals surface area contributed by atoms with E-state index in [2.05, 4.69) is 10.6 Å². The van der Waals surface area contributed by atoms with Gasteiger partial charge in [0.1, 0.15) is 0 Å². The molecule has 1 unspecified atom stereocenters. The van der Waals surface area contributed by atoms with Gasteiger partial charge in [-0.2, -0.15) is 0 Å². The van der Waals surface area contributed by atoms with Crippen molar-refractivity contribution in [1.29, 1.82) is 0 Å². The summed E-state index contributed by atoms with van der Waals surface area (Å²) in [4.78, 5) is 40.1. The molecule has 3 aromatic carbocycles. The topological polar surface area (TPSA) is 78.5 Å². The van der Waals surface area contributed by atoms with Gasteiger partial charge in [0.05, 0.1) is 5.41 Å². The zero-order valence-corrected chi connectivity index (χ0v) is 18.9. The van der Waals surface area contributed by atoms with E-state index in [0.29, 0.717) is 29.9 Å². The van der Waals surface area contributed by atoms with Gasteiger partial charge in [0.25, 0.3) is 11.8 Å². The first-order chi connectivity index (χ1) is 15.8. The minimum absolute atomic E-state index is 0.0588. The lowest BCUT2D eigenvalue weighted by Crippen LogP contribution is -2.49. The molecule has 5 rings (SSSR count). The molecule has 0 saturated carbocycles. The molecule has 6 heteroatoms. The van der Waals surface area contributed by atoms with Gasteiger partial charge in [-0.05, 0) is 67.3 Å². The molecule has 1 saturated heterocycles. The van der Waals surface area contributed by atoms with Gasteiger partial charge in [0, 0.05) is 35.9 Å². The van der Waals surface area contributed by atoms with Gasteiger partial charge in [-0.15, -0.1) is 0 Å². The SMILES string of the molecule is CC1(C)C(=O)Nc2cc(C(=O)N3CCCC(NC(=O)c4ccc5ccccc5c4)C3)ccc21. The van der Waals surface area contributed by atoms with Crippen molar-refractivity contribution in [2.24, 2.45) is 0 Å². The number of carbonyl (C=O) groups is 3. The Kier molecular flexibility index (Phi) is 5.16. The van der Waals surface area contributed by atoms with E-state index in [1.807, 2.05) is 62.4 Å². The number of benzene rings is 3. The van der Waals surface area contributed by atoms with E-state index in [-0.39, 0.29) is 23.8 Å². The lowest BCUT2D eigenvalue weighted by atomic mass is 9.86. The number of piperidine rings is 1. The Morgan fingerprint density at radius 3 is 2.58 bits per heavy atom. The summed E-state index contributed by atoms with van der Waals surface area (Å²) in [7, 11) is 0. The van der Waals surface area contributed by atoms with Crippen LogP contribution in [0.25, 0.3) is 10.8 Å². The summed E-state index contributed by atoms with van der Waals surface area (Å²) in [5.74, 6) is -0.263. The van der Waals surface area contributed by atoms with E-state index in [1.165, 1.54) is 0 Å². The van der Waals surface area contributed by atoms with Gasteiger partial charge < -0.3 is 15.5 Å². The molecule has 2 heterocycles. The van der Waals surface area contributed by atoms with E-state index >= 15 is 0 Å². The van der Waals surface area contributed by atoms with Crippen LogP contribution in [-0.2, 0) is 10.2 Å². The summed E-state index contributed by atoms with van der Waals surface area (Å²) >= 11 is 0. The molecule has 0 radical (unpaired) electrons. The number of amides is 3. The molecule has 3 amide bonds. The molecule has 1 atom stereocenters. The molecular formula is C27H27N3O3. The summed E-state index contributed by atoms with van der Waals surface area (Å²) in [6, 6.07) is 19.0. The summed E-state index contributed by atoms with van der Waals surface area (Å²) in [5, 5.41) is 8.11. The first-order valence-electron chi connectivity index (χ1n) is 11.4. The molecule has 0 aliphatic carbocycles. The van der Waals surface area contributed by atoms with Crippen molar-refractivity contribution in [3.05, 3.63) is 77.4 Å². The molecule has 0 spiro atoms. The molecule has 3 aromatic rings. The molecule has 0 bridgehead atoms. The second-order valence-electron chi connectivity index (χ2n) is 9.47. The first-order valence-corrected chi connectivity index (χ1v) is 11.4. The maximum atomic E-state index is 13.2. The number of hydrogen-bond acceptors (Lipinski definition) is 3. The average molecular weight is 442 g/mol. The Hall–Kier alpha value is -3.67. The Morgan fingerprint density at radius 1 is 1.00 bits per heavy atom. The van der Waals surface area contributed by atoms with Crippen LogP contribution < -0.4 is 10.6 Å². The van der Waals surface area contributed by atoms with Crippen molar-refractivity contribution >= 4 is 34.2 Å². The average Bonchev–Trinajstić information content (AvgIpc) is 3.05. The van der Waals surface area contributed by atoms with Crippen molar-refractivity contribution in [3.8, 4) is 0 Å². The number of nitrogens with zero attached hydrogens (tertiary/aromatic N) is 1. The standard InChI is InChI=1S/C27H27N3O3/c1-27(2)22-12-11-20(15-23(22)29-26(27)33)25(32)30-13-5-8-21(16-30)28-24(31)19-10-9-17-6-3-4-7-18(17)14-19/h3-4,6-7,9-12,14-15,21H,5,8,13,16H2,1-2H3,(H,28,31)(H,29,33). The summed E-state index contributed by atoms with van der Waals surface area (Å²) in [5.41, 5.74) is 2.18. The number of carbonyl (C=O) groups excluding carboxylic acids is 3. The van der Waals surface area contributed by atoms with E-state index in [4.69, 9.17) is 0 Å². The summed E-state index contributed by atoms with van der Waals surface area (Å²) in [6.07, 6.45) is 1.65. The van der Waals surface area contributed by atoms with Crippen LogP contribution in [0.4, 0.5) is 5.69 Å². The van der Waals surface area contributed by atoms with Gasteiger partial charge in [0.15, 0.2) is 0 Å². The maximum absolute atomic E-state index is 13.2. The third-order valence-electron chi connectivity index (χ3n) is 6.81. The fraction of sp³-hybridized carbons (Fsp3) is 0.296. The lowest BCUT2D eigenvalue weighted by molar-refractivity contribution is -0.119. The fourth-order valence-corrected chi connectivity index (χ4v) is 4.79. The first kappa shape index (κ1) is 21.2. The molecule has 6 nitrogen and oxygen atoms in total. The molecule has 0 aromatic heterocycles. The van der Waals surface area contributed by atoms with E-state index in [1.54, 1.807) is 17.0 Å². The summed E-state index contributed by atoms with van der Waals surface area (Å²) in [6.45, 7) is 4.87. The number of hydrogen-bond donors (Lipinski definition) is 2. The zero-order chi connectivity index (χ0) is 23.2. The van der Waals surface area contributed by atoms with Crippen molar-refractivity contribution in [2.45, 2.75) is 38.1 Å². The van der Waals surface area contributed by atoms with Crippen LogP contribution in [0.15, 0.2) is 60.7 Å². The van der Waals surface area contributed by atoms with Gasteiger partial charge in [0.2, 0.25) is 5.91 Å². The highest BCUT2D eigenvalue weighted by Gasteiger charge is 2.38. The second kappa shape index (κ2) is 8.03. The lowest BCUT2D eigenvalue weighted by Gasteiger charge is -2.33. The quantitative estimate of drug-likeness (QED) is 0.642. The normalized spacial score (nSPS) is 19.2. The number of nitrogens with one attached hydrogen (secondary N) is 2. The van der Waals surface area contributed by atoms with Crippen molar-refractivity contribution in [2.75, 3.05) is 18.4 Å². The van der Waals surface area contributed by atoms with Crippen LogP contribution in [-0.4, -0.2) is 41.8 Å². The number of fused-ring (bicyclic) bond motifs is 2. The van der Waals surface area contributed by atoms with E-state index in [9.17, 15) is 14.4 Å².